The van der Waals surface area contributed by atoms with Gasteiger partial charge in [0.1, 0.15) is 11.2 Å². The van der Waals surface area contributed by atoms with E-state index in [1.54, 1.807) is 6.20 Å². The molecule has 2 aliphatic heterocycles. The number of nitrogens with one attached hydrogen (secondary N) is 1. The number of imidazole rings is 1. The van der Waals surface area contributed by atoms with Crippen LogP contribution < -0.4 is 9.80 Å². The molecule has 3 aromatic rings. The number of ether oxygens (including phenoxy) is 1. The van der Waals surface area contributed by atoms with E-state index in [1.165, 1.54) is 0 Å². The van der Waals surface area contributed by atoms with Gasteiger partial charge < -0.3 is 14.5 Å². The van der Waals surface area contributed by atoms with Crippen LogP contribution in [0.3, 0.4) is 0 Å². The third-order valence-electron chi connectivity index (χ3n) is 6.61. The first-order chi connectivity index (χ1) is 14.5. The summed E-state index contributed by atoms with van der Waals surface area (Å²) in [4.78, 5) is 22.4. The second-order valence-electron chi connectivity index (χ2n) is 8.83. The largest absolute Gasteiger partial charge is 0.377 e. The Balaban J connectivity index is 1.63. The summed E-state index contributed by atoms with van der Waals surface area (Å²) in [6.45, 7) is 6.41. The molecule has 1 amide bonds. The van der Waals surface area contributed by atoms with Crippen LogP contribution in [0, 0.1) is 0 Å². The molecule has 1 saturated carbocycles. The number of aryl methyl sites for hydroxylation is 1. The third kappa shape index (κ3) is 2.57. The predicted octanol–water partition coefficient (Wildman–Crippen LogP) is 2.18. The molecule has 0 bridgehead atoms. The molecule has 3 aromatic heterocycles. The zero-order chi connectivity index (χ0) is 20.5. The van der Waals surface area contributed by atoms with Crippen LogP contribution in [0.2, 0.25) is 0 Å². The molecule has 1 aliphatic carbocycles. The van der Waals surface area contributed by atoms with E-state index in [0.29, 0.717) is 31.9 Å². The second kappa shape index (κ2) is 6.28. The number of H-pyrrole nitrogens is 1. The summed E-state index contributed by atoms with van der Waals surface area (Å²) in [6, 6.07) is 4.20. The van der Waals surface area contributed by atoms with Crippen LogP contribution in [0.5, 0.6) is 0 Å². The fourth-order valence-electron chi connectivity index (χ4n) is 4.70. The maximum absolute atomic E-state index is 13.2. The van der Waals surface area contributed by atoms with Crippen molar-refractivity contribution in [3.63, 3.8) is 0 Å². The molecular weight excluding hydrogens is 382 g/mol. The molecule has 1 saturated heterocycles. The molecule has 1 N–H and O–H groups in total. The number of anilines is 2. The molecule has 0 spiro atoms. The van der Waals surface area contributed by atoms with E-state index in [2.05, 4.69) is 35.0 Å². The van der Waals surface area contributed by atoms with E-state index in [1.807, 2.05) is 15.5 Å². The Hall–Kier alpha value is -2.94. The van der Waals surface area contributed by atoms with Crippen molar-refractivity contribution >= 4 is 22.9 Å². The predicted molar refractivity (Wildman–Crippen MR) is 112 cm³/mol. The molecule has 2 fully saturated rings. The van der Waals surface area contributed by atoms with E-state index in [0.717, 1.165) is 47.8 Å². The lowest BCUT2D eigenvalue weighted by Gasteiger charge is -2.35. The number of hydrogen-bond donors (Lipinski definition) is 1. The molecule has 3 aliphatic rings. The topological polar surface area (TPSA) is 91.6 Å². The summed E-state index contributed by atoms with van der Waals surface area (Å²) < 4.78 is 7.53. The first-order valence-electron chi connectivity index (χ1n) is 10.7. The molecule has 0 radical (unpaired) electrons. The Bertz CT molecular complexity index is 1130. The molecule has 5 heterocycles. The fraction of sp³-hybridized carbons (Fsp3) is 0.524. The van der Waals surface area contributed by atoms with Gasteiger partial charge in [0.05, 0.1) is 30.6 Å². The summed E-state index contributed by atoms with van der Waals surface area (Å²) in [5.41, 5.74) is 3.39. The highest BCUT2D eigenvalue weighted by Gasteiger charge is 2.48. The van der Waals surface area contributed by atoms with Crippen molar-refractivity contribution in [1.82, 2.24) is 24.8 Å². The Morgan fingerprint density at radius 3 is 2.90 bits per heavy atom. The lowest BCUT2D eigenvalue weighted by molar-refractivity contribution is -0.119. The minimum absolute atomic E-state index is 0.120. The van der Waals surface area contributed by atoms with Crippen molar-refractivity contribution < 1.29 is 9.53 Å². The maximum Gasteiger partial charge on any atom is 0.227 e. The van der Waals surface area contributed by atoms with Crippen LogP contribution in [0.4, 0.5) is 11.5 Å². The van der Waals surface area contributed by atoms with Gasteiger partial charge in [-0.2, -0.15) is 5.10 Å². The highest BCUT2D eigenvalue weighted by atomic mass is 16.5. The van der Waals surface area contributed by atoms with Crippen molar-refractivity contribution in [3.05, 3.63) is 24.0 Å². The minimum atomic E-state index is -0.120. The number of nitrogens with zero attached hydrogens (tertiary/aromatic N) is 6. The molecule has 0 unspecified atom stereocenters. The van der Waals surface area contributed by atoms with E-state index in [9.17, 15) is 4.79 Å². The molecule has 1 atom stereocenters. The van der Waals surface area contributed by atoms with E-state index in [-0.39, 0.29) is 17.5 Å². The fourth-order valence-corrected chi connectivity index (χ4v) is 4.70. The summed E-state index contributed by atoms with van der Waals surface area (Å²) >= 11 is 0. The van der Waals surface area contributed by atoms with Gasteiger partial charge in [0.25, 0.3) is 0 Å². The monoisotopic (exact) mass is 407 g/mol. The van der Waals surface area contributed by atoms with E-state index >= 15 is 0 Å². The van der Waals surface area contributed by atoms with Gasteiger partial charge in [-0.3, -0.25) is 9.89 Å². The van der Waals surface area contributed by atoms with Crippen LogP contribution in [-0.4, -0.2) is 62.0 Å². The standard InChI is InChI=1S/C21H25N7O2/c1-13-12-30-10-9-26(13)17-11-16-19-14(3-4-18(29)27(16)21(2)6-7-21)23-20(28(19)25-17)15-5-8-22-24-15/h5,8,11,13H,3-4,6-7,9-10,12H2,1-2H3,(H,22,24)/t13-/m1/s1. The van der Waals surface area contributed by atoms with Gasteiger partial charge in [0, 0.05) is 37.2 Å². The van der Waals surface area contributed by atoms with Crippen LogP contribution in [0.15, 0.2) is 18.3 Å². The lowest BCUT2D eigenvalue weighted by Crippen LogP contribution is -2.45. The first kappa shape index (κ1) is 17.9. The van der Waals surface area contributed by atoms with Gasteiger partial charge in [0.15, 0.2) is 11.6 Å². The van der Waals surface area contributed by atoms with Gasteiger partial charge >= 0.3 is 0 Å². The van der Waals surface area contributed by atoms with Crippen molar-refractivity contribution in [2.75, 3.05) is 29.6 Å². The highest BCUT2D eigenvalue weighted by molar-refractivity contribution is 6.02. The summed E-state index contributed by atoms with van der Waals surface area (Å²) in [5.74, 6) is 1.72. The highest BCUT2D eigenvalue weighted by Crippen LogP contribution is 2.47. The zero-order valence-corrected chi connectivity index (χ0v) is 17.3. The van der Waals surface area contributed by atoms with E-state index in [4.69, 9.17) is 14.8 Å². The normalized spacial score (nSPS) is 23.1. The average Bonchev–Trinajstić information content (AvgIpc) is 3.15. The zero-order valence-electron chi connectivity index (χ0n) is 17.3. The van der Waals surface area contributed by atoms with Crippen molar-refractivity contribution in [2.45, 2.75) is 51.1 Å². The maximum atomic E-state index is 13.2. The summed E-state index contributed by atoms with van der Waals surface area (Å²) in [5, 5.41) is 12.2. The van der Waals surface area contributed by atoms with Gasteiger partial charge in [-0.1, -0.05) is 0 Å². The molecule has 156 valence electrons. The quantitative estimate of drug-likeness (QED) is 0.716. The number of rotatable bonds is 3. The van der Waals surface area contributed by atoms with Crippen molar-refractivity contribution in [2.24, 2.45) is 0 Å². The molecular formula is C21H25N7O2. The molecule has 30 heavy (non-hydrogen) atoms. The van der Waals surface area contributed by atoms with Gasteiger partial charge in [-0.15, -0.1) is 5.10 Å². The smallest absolute Gasteiger partial charge is 0.227 e. The van der Waals surface area contributed by atoms with Crippen molar-refractivity contribution in [1.29, 1.82) is 0 Å². The first-order valence-corrected chi connectivity index (χ1v) is 10.7. The van der Waals surface area contributed by atoms with Crippen LogP contribution >= 0.6 is 0 Å². The number of aromatic nitrogens is 5. The van der Waals surface area contributed by atoms with Crippen LogP contribution in [-0.2, 0) is 16.0 Å². The van der Waals surface area contributed by atoms with E-state index < -0.39 is 0 Å². The number of hydrogen-bond acceptors (Lipinski definition) is 6. The molecule has 6 rings (SSSR count). The number of carbonyl (C=O) groups excluding carboxylic acids is 1. The third-order valence-corrected chi connectivity index (χ3v) is 6.61. The lowest BCUT2D eigenvalue weighted by atomic mass is 10.2. The second-order valence-corrected chi connectivity index (χ2v) is 8.83. The van der Waals surface area contributed by atoms with Crippen molar-refractivity contribution in [3.8, 4) is 11.5 Å². The molecule has 9 nitrogen and oxygen atoms in total. The average molecular weight is 407 g/mol. The SMILES string of the molecule is C[C@@H]1COCCN1c1cc2c3c(nc(-c4cc[nH]n4)n3n1)CCC(=O)N2C1(C)CC1. The van der Waals surface area contributed by atoms with Gasteiger partial charge in [-0.25, -0.2) is 9.50 Å². The number of amides is 1. The van der Waals surface area contributed by atoms with Gasteiger partial charge in [0.2, 0.25) is 5.91 Å². The Kier molecular flexibility index (Phi) is 3.74. The molecule has 9 heteroatoms. The number of carbonyl (C=O) groups is 1. The number of morpholine rings is 1. The van der Waals surface area contributed by atoms with Crippen LogP contribution in [0.1, 0.15) is 38.8 Å². The summed E-state index contributed by atoms with van der Waals surface area (Å²) in [6.07, 6.45) is 4.90. The van der Waals surface area contributed by atoms with Crippen LogP contribution in [0.25, 0.3) is 17.0 Å². The Labute approximate surface area is 174 Å². The number of aromatic amines is 1. The van der Waals surface area contributed by atoms with Gasteiger partial charge in [-0.05, 0) is 32.8 Å². The Morgan fingerprint density at radius 2 is 2.17 bits per heavy atom. The molecule has 0 aromatic carbocycles. The minimum Gasteiger partial charge on any atom is -0.377 e. The summed E-state index contributed by atoms with van der Waals surface area (Å²) in [7, 11) is 0. The Morgan fingerprint density at radius 1 is 1.30 bits per heavy atom.